The van der Waals surface area contributed by atoms with Gasteiger partial charge in [-0.2, -0.15) is 0 Å². The van der Waals surface area contributed by atoms with Crippen LogP contribution in [-0.4, -0.2) is 9.97 Å². The van der Waals surface area contributed by atoms with Crippen molar-refractivity contribution in [1.82, 2.24) is 9.97 Å². The molecule has 2 aromatic rings. The predicted molar refractivity (Wildman–Crippen MR) is 70.8 cm³/mol. The molecule has 19 heavy (non-hydrogen) atoms. The van der Waals surface area contributed by atoms with Gasteiger partial charge in [-0.1, -0.05) is 25.4 Å². The highest BCUT2D eigenvalue weighted by molar-refractivity contribution is 6.29. The molecule has 0 saturated heterocycles. The van der Waals surface area contributed by atoms with Gasteiger partial charge in [-0.15, -0.1) is 0 Å². The maximum Gasteiger partial charge on any atom is 0.160 e. The average Bonchev–Trinajstić information content (AvgIpc) is 2.33. The number of hydrogen-bond donors (Lipinski definition) is 1. The Morgan fingerprint density at radius 3 is 2.47 bits per heavy atom. The van der Waals surface area contributed by atoms with E-state index in [1.807, 2.05) is 13.8 Å². The molecule has 1 heterocycles. The van der Waals surface area contributed by atoms with E-state index in [4.69, 9.17) is 11.6 Å². The molecule has 0 spiro atoms. The summed E-state index contributed by atoms with van der Waals surface area (Å²) in [5, 5.41) is 3.16. The van der Waals surface area contributed by atoms with Gasteiger partial charge in [0.1, 0.15) is 16.8 Å². The molecule has 0 amide bonds. The summed E-state index contributed by atoms with van der Waals surface area (Å²) >= 11 is 5.89. The number of halogens is 3. The van der Waals surface area contributed by atoms with Gasteiger partial charge in [0.25, 0.3) is 0 Å². The van der Waals surface area contributed by atoms with Gasteiger partial charge in [0.2, 0.25) is 0 Å². The van der Waals surface area contributed by atoms with Crippen molar-refractivity contribution in [3.63, 3.8) is 0 Å². The van der Waals surface area contributed by atoms with E-state index in [-0.39, 0.29) is 5.92 Å². The quantitative estimate of drug-likeness (QED) is 0.855. The first-order chi connectivity index (χ1) is 8.95. The fourth-order valence-electron chi connectivity index (χ4n) is 1.48. The molecule has 1 aromatic heterocycles. The Morgan fingerprint density at radius 2 is 1.84 bits per heavy atom. The van der Waals surface area contributed by atoms with Crippen LogP contribution in [0, 0.1) is 11.6 Å². The fourth-order valence-corrected chi connectivity index (χ4v) is 1.67. The van der Waals surface area contributed by atoms with Crippen molar-refractivity contribution in [2.75, 3.05) is 5.32 Å². The van der Waals surface area contributed by atoms with Crippen LogP contribution in [0.15, 0.2) is 24.3 Å². The van der Waals surface area contributed by atoms with Crippen LogP contribution in [0.1, 0.15) is 25.6 Å². The van der Waals surface area contributed by atoms with Crippen LogP contribution >= 0.6 is 11.6 Å². The number of anilines is 2. The van der Waals surface area contributed by atoms with Gasteiger partial charge in [0, 0.05) is 23.7 Å². The predicted octanol–water partition coefficient (Wildman–Crippen LogP) is 4.28. The van der Waals surface area contributed by atoms with E-state index in [1.165, 1.54) is 12.1 Å². The minimum atomic E-state index is -0.922. The molecule has 0 saturated carbocycles. The molecule has 100 valence electrons. The Hall–Kier alpha value is -1.75. The monoisotopic (exact) mass is 283 g/mol. The first-order valence-corrected chi connectivity index (χ1v) is 6.10. The van der Waals surface area contributed by atoms with Gasteiger partial charge in [-0.05, 0) is 12.1 Å². The van der Waals surface area contributed by atoms with Crippen LogP contribution in [0.2, 0.25) is 5.15 Å². The van der Waals surface area contributed by atoms with Crippen LogP contribution in [0.3, 0.4) is 0 Å². The van der Waals surface area contributed by atoms with Crippen molar-refractivity contribution in [2.45, 2.75) is 19.8 Å². The zero-order valence-electron chi connectivity index (χ0n) is 10.4. The second kappa shape index (κ2) is 5.48. The maximum atomic E-state index is 13.1. The normalized spacial score (nSPS) is 10.8. The Kier molecular flexibility index (Phi) is 3.95. The van der Waals surface area contributed by atoms with Crippen LogP contribution in [0.25, 0.3) is 0 Å². The molecule has 0 aliphatic carbocycles. The van der Waals surface area contributed by atoms with Crippen molar-refractivity contribution in [2.24, 2.45) is 0 Å². The van der Waals surface area contributed by atoms with Crippen molar-refractivity contribution >= 4 is 23.1 Å². The summed E-state index contributed by atoms with van der Waals surface area (Å²) in [6.07, 6.45) is 0. The first-order valence-electron chi connectivity index (χ1n) is 5.72. The molecule has 0 fully saturated rings. The molecule has 0 aliphatic heterocycles. The topological polar surface area (TPSA) is 37.8 Å². The summed E-state index contributed by atoms with van der Waals surface area (Å²) in [7, 11) is 0. The number of hydrogen-bond acceptors (Lipinski definition) is 3. The third kappa shape index (κ3) is 3.38. The highest BCUT2D eigenvalue weighted by Crippen LogP contribution is 2.21. The summed E-state index contributed by atoms with van der Waals surface area (Å²) in [4.78, 5) is 8.34. The second-order valence-electron chi connectivity index (χ2n) is 4.34. The number of nitrogens with zero attached hydrogens (tertiary/aromatic N) is 2. The fraction of sp³-hybridized carbons (Fsp3) is 0.231. The van der Waals surface area contributed by atoms with E-state index in [0.29, 0.717) is 22.5 Å². The average molecular weight is 284 g/mol. The van der Waals surface area contributed by atoms with Gasteiger partial charge >= 0.3 is 0 Å². The highest BCUT2D eigenvalue weighted by atomic mass is 35.5. The maximum absolute atomic E-state index is 13.1. The van der Waals surface area contributed by atoms with Crippen molar-refractivity contribution in [3.05, 3.63) is 46.9 Å². The van der Waals surface area contributed by atoms with Gasteiger partial charge in [0.05, 0.1) is 0 Å². The standard InChI is InChI=1S/C13H12ClF2N3/c1-7(2)13-18-11(14)6-12(19-13)17-8-3-4-9(15)10(16)5-8/h3-7H,1-2H3,(H,17,18,19). The number of nitrogens with one attached hydrogen (secondary N) is 1. The number of rotatable bonds is 3. The van der Waals surface area contributed by atoms with E-state index >= 15 is 0 Å². The van der Waals surface area contributed by atoms with Crippen LogP contribution in [0.5, 0.6) is 0 Å². The van der Waals surface area contributed by atoms with Gasteiger partial charge < -0.3 is 5.32 Å². The van der Waals surface area contributed by atoms with Crippen molar-refractivity contribution < 1.29 is 8.78 Å². The lowest BCUT2D eigenvalue weighted by molar-refractivity contribution is 0.509. The summed E-state index contributed by atoms with van der Waals surface area (Å²) in [5.74, 6) is -0.681. The van der Waals surface area contributed by atoms with Gasteiger partial charge in [-0.25, -0.2) is 18.7 Å². The summed E-state index contributed by atoms with van der Waals surface area (Å²) in [6.45, 7) is 3.88. The molecule has 1 aromatic carbocycles. The minimum absolute atomic E-state index is 0.115. The molecule has 6 heteroatoms. The highest BCUT2D eigenvalue weighted by Gasteiger charge is 2.08. The first kappa shape index (κ1) is 13.7. The van der Waals surface area contributed by atoms with Crippen LogP contribution in [0.4, 0.5) is 20.3 Å². The summed E-state index contributed by atoms with van der Waals surface area (Å²) in [6, 6.07) is 5.04. The Balaban J connectivity index is 2.29. The van der Waals surface area contributed by atoms with Gasteiger partial charge in [-0.3, -0.25) is 0 Å². The minimum Gasteiger partial charge on any atom is -0.340 e. The van der Waals surface area contributed by atoms with Crippen molar-refractivity contribution in [3.8, 4) is 0 Å². The summed E-state index contributed by atoms with van der Waals surface area (Å²) in [5.41, 5.74) is 0.392. The molecule has 0 aliphatic rings. The third-order valence-corrected chi connectivity index (χ3v) is 2.61. The van der Waals surface area contributed by atoms with E-state index in [0.717, 1.165) is 12.1 Å². The molecule has 0 unspecified atom stereocenters. The zero-order chi connectivity index (χ0) is 14.0. The van der Waals surface area contributed by atoms with E-state index in [2.05, 4.69) is 15.3 Å². The Bertz CT molecular complexity index is 602. The number of benzene rings is 1. The molecule has 0 bridgehead atoms. The van der Waals surface area contributed by atoms with E-state index in [9.17, 15) is 8.78 Å². The molecule has 0 radical (unpaired) electrons. The number of aromatic nitrogens is 2. The van der Waals surface area contributed by atoms with Crippen molar-refractivity contribution in [1.29, 1.82) is 0 Å². The smallest absolute Gasteiger partial charge is 0.160 e. The largest absolute Gasteiger partial charge is 0.340 e. The van der Waals surface area contributed by atoms with Crippen LogP contribution in [-0.2, 0) is 0 Å². The van der Waals surface area contributed by atoms with Gasteiger partial charge in [0.15, 0.2) is 11.6 Å². The zero-order valence-corrected chi connectivity index (χ0v) is 11.2. The lowest BCUT2D eigenvalue weighted by atomic mass is 10.2. The van der Waals surface area contributed by atoms with E-state index < -0.39 is 11.6 Å². The molecule has 2 rings (SSSR count). The lowest BCUT2D eigenvalue weighted by Crippen LogP contribution is -2.02. The van der Waals surface area contributed by atoms with E-state index in [1.54, 1.807) is 0 Å². The van der Waals surface area contributed by atoms with Crippen LogP contribution < -0.4 is 5.32 Å². The Labute approximate surface area is 114 Å². The second-order valence-corrected chi connectivity index (χ2v) is 4.73. The molecule has 0 atom stereocenters. The molecular weight excluding hydrogens is 272 g/mol. The molecule has 1 N–H and O–H groups in total. The molecule has 3 nitrogen and oxygen atoms in total. The Morgan fingerprint density at radius 1 is 1.11 bits per heavy atom. The SMILES string of the molecule is CC(C)c1nc(Cl)cc(Nc2ccc(F)c(F)c2)n1. The molecular formula is C13H12ClF2N3. The lowest BCUT2D eigenvalue weighted by Gasteiger charge is -2.09. The summed E-state index contributed by atoms with van der Waals surface area (Å²) < 4.78 is 25.9. The third-order valence-electron chi connectivity index (χ3n) is 2.42.